The van der Waals surface area contributed by atoms with Crippen LogP contribution in [0.1, 0.15) is 50.6 Å². The van der Waals surface area contributed by atoms with Gasteiger partial charge in [0.05, 0.1) is 5.92 Å². The van der Waals surface area contributed by atoms with Crippen LogP contribution in [0.5, 0.6) is 0 Å². The normalized spacial score (nSPS) is 12.9. The Morgan fingerprint density at radius 2 is 1.91 bits per heavy atom. The van der Waals surface area contributed by atoms with Crippen LogP contribution in [0.2, 0.25) is 0 Å². The lowest BCUT2D eigenvalue weighted by atomic mass is 9.93. The van der Waals surface area contributed by atoms with E-state index in [1.807, 2.05) is 37.3 Å². The lowest BCUT2D eigenvalue weighted by Crippen LogP contribution is -2.20. The van der Waals surface area contributed by atoms with Crippen LogP contribution in [0.15, 0.2) is 30.3 Å². The molecule has 1 heterocycles. The fraction of sp³-hybridized carbons (Fsp3) is 0.471. The number of hydrogen-bond acceptors (Lipinski definition) is 4. The second-order valence-electron chi connectivity index (χ2n) is 6.60. The zero-order valence-electron chi connectivity index (χ0n) is 13.6. The molecule has 0 aliphatic heterocycles. The third-order valence-corrected chi connectivity index (χ3v) is 4.14. The minimum Gasteiger partial charge on any atom is -0.300 e. The van der Waals surface area contributed by atoms with Crippen molar-refractivity contribution in [3.8, 4) is 0 Å². The van der Waals surface area contributed by atoms with E-state index in [2.05, 4.69) is 36.3 Å². The standard InChI is InChI=1S/C17H23N3OS/c1-5-13(12-9-7-6-8-10-12)15(21)18-16-20-19-14(22-16)11-17(2,3)4/h6-10,13H,5,11H2,1-4H3,(H,18,20,21). The number of carbonyl (C=O) groups is 1. The predicted molar refractivity (Wildman–Crippen MR) is 91.2 cm³/mol. The maximum absolute atomic E-state index is 12.5. The molecular weight excluding hydrogens is 294 g/mol. The molecule has 1 aromatic heterocycles. The van der Waals surface area contributed by atoms with E-state index in [-0.39, 0.29) is 17.2 Å². The van der Waals surface area contributed by atoms with Gasteiger partial charge in [0.2, 0.25) is 11.0 Å². The molecule has 1 aromatic carbocycles. The van der Waals surface area contributed by atoms with Crippen LogP contribution in [-0.4, -0.2) is 16.1 Å². The van der Waals surface area contributed by atoms with Crippen molar-refractivity contribution < 1.29 is 4.79 Å². The summed E-state index contributed by atoms with van der Waals surface area (Å²) < 4.78 is 0. The number of anilines is 1. The Hall–Kier alpha value is -1.75. The minimum absolute atomic E-state index is 0.0211. The van der Waals surface area contributed by atoms with E-state index in [1.54, 1.807) is 0 Å². The topological polar surface area (TPSA) is 54.9 Å². The van der Waals surface area contributed by atoms with Crippen LogP contribution in [0, 0.1) is 5.41 Å². The van der Waals surface area contributed by atoms with Gasteiger partial charge in [0.1, 0.15) is 5.01 Å². The summed E-state index contributed by atoms with van der Waals surface area (Å²) in [5.74, 6) is -0.177. The van der Waals surface area contributed by atoms with Crippen molar-refractivity contribution in [3.05, 3.63) is 40.9 Å². The molecule has 2 aromatic rings. The Labute approximate surface area is 136 Å². The third-order valence-electron chi connectivity index (χ3n) is 3.31. The van der Waals surface area contributed by atoms with E-state index < -0.39 is 0 Å². The number of aromatic nitrogens is 2. The van der Waals surface area contributed by atoms with Crippen LogP contribution in [0.25, 0.3) is 0 Å². The van der Waals surface area contributed by atoms with Gasteiger partial charge in [-0.1, -0.05) is 69.4 Å². The van der Waals surface area contributed by atoms with E-state index >= 15 is 0 Å². The molecular formula is C17H23N3OS. The van der Waals surface area contributed by atoms with Crippen molar-refractivity contribution >= 4 is 22.4 Å². The van der Waals surface area contributed by atoms with E-state index in [1.165, 1.54) is 11.3 Å². The SMILES string of the molecule is CCC(C(=O)Nc1nnc(CC(C)(C)C)s1)c1ccccc1. The molecule has 2 rings (SSSR count). The second kappa shape index (κ2) is 7.01. The van der Waals surface area contributed by atoms with Crippen LogP contribution in [-0.2, 0) is 11.2 Å². The van der Waals surface area contributed by atoms with E-state index in [0.29, 0.717) is 5.13 Å². The average Bonchev–Trinajstić information content (AvgIpc) is 2.85. The molecule has 118 valence electrons. The van der Waals surface area contributed by atoms with Crippen molar-refractivity contribution in [2.24, 2.45) is 5.41 Å². The number of nitrogens with zero attached hydrogens (tertiary/aromatic N) is 2. The number of hydrogen-bond donors (Lipinski definition) is 1. The molecule has 0 fully saturated rings. The smallest absolute Gasteiger partial charge is 0.233 e. The van der Waals surface area contributed by atoms with E-state index in [9.17, 15) is 4.79 Å². The quantitative estimate of drug-likeness (QED) is 0.896. The van der Waals surface area contributed by atoms with E-state index in [0.717, 1.165) is 23.4 Å². The van der Waals surface area contributed by atoms with Gasteiger partial charge in [0.25, 0.3) is 0 Å². The molecule has 0 saturated heterocycles. The molecule has 0 spiro atoms. The molecule has 4 nitrogen and oxygen atoms in total. The summed E-state index contributed by atoms with van der Waals surface area (Å²) >= 11 is 1.46. The summed E-state index contributed by atoms with van der Waals surface area (Å²) in [4.78, 5) is 12.5. The lowest BCUT2D eigenvalue weighted by molar-refractivity contribution is -0.117. The second-order valence-corrected chi connectivity index (χ2v) is 7.66. The van der Waals surface area contributed by atoms with Crippen LogP contribution in [0.3, 0.4) is 0 Å². The molecule has 1 atom stereocenters. The fourth-order valence-electron chi connectivity index (χ4n) is 2.28. The number of carbonyl (C=O) groups excluding carboxylic acids is 1. The Balaban J connectivity index is 2.05. The van der Waals surface area contributed by atoms with Gasteiger partial charge >= 0.3 is 0 Å². The Kier molecular flexibility index (Phi) is 5.29. The van der Waals surface area contributed by atoms with Crippen LogP contribution < -0.4 is 5.32 Å². The van der Waals surface area contributed by atoms with E-state index in [4.69, 9.17) is 0 Å². The Morgan fingerprint density at radius 3 is 2.50 bits per heavy atom. The maximum Gasteiger partial charge on any atom is 0.233 e. The molecule has 0 aliphatic rings. The number of benzene rings is 1. The molecule has 0 aliphatic carbocycles. The molecule has 0 bridgehead atoms. The molecule has 5 heteroatoms. The van der Waals surface area contributed by atoms with Gasteiger partial charge in [-0.2, -0.15) is 0 Å². The summed E-state index contributed by atoms with van der Waals surface area (Å²) in [6.07, 6.45) is 1.61. The summed E-state index contributed by atoms with van der Waals surface area (Å²) in [5, 5.41) is 12.7. The first-order chi connectivity index (χ1) is 10.4. The number of amides is 1. The summed E-state index contributed by atoms with van der Waals surface area (Å²) in [6.45, 7) is 8.50. The fourth-order valence-corrected chi connectivity index (χ4v) is 3.32. The van der Waals surface area contributed by atoms with Gasteiger partial charge in [0, 0.05) is 6.42 Å². The molecule has 1 unspecified atom stereocenters. The first-order valence-electron chi connectivity index (χ1n) is 7.57. The largest absolute Gasteiger partial charge is 0.300 e. The predicted octanol–water partition coefficient (Wildman–Crippen LogP) is 4.26. The highest BCUT2D eigenvalue weighted by Gasteiger charge is 2.21. The first-order valence-corrected chi connectivity index (χ1v) is 8.39. The Bertz CT molecular complexity index is 616. The molecule has 22 heavy (non-hydrogen) atoms. The van der Waals surface area contributed by atoms with Crippen LogP contribution in [0.4, 0.5) is 5.13 Å². The molecule has 0 saturated carbocycles. The zero-order chi connectivity index (χ0) is 16.2. The van der Waals surface area contributed by atoms with Crippen molar-refractivity contribution in [1.29, 1.82) is 0 Å². The summed E-state index contributed by atoms with van der Waals surface area (Å²) in [5.41, 5.74) is 1.19. The van der Waals surface area contributed by atoms with Gasteiger partial charge in [0.15, 0.2) is 0 Å². The van der Waals surface area contributed by atoms with Gasteiger partial charge < -0.3 is 0 Å². The third kappa shape index (κ3) is 4.63. The van der Waals surface area contributed by atoms with Gasteiger partial charge in [-0.25, -0.2) is 0 Å². The van der Waals surface area contributed by atoms with Crippen molar-refractivity contribution in [1.82, 2.24) is 10.2 Å². The van der Waals surface area contributed by atoms with Gasteiger partial charge in [-0.15, -0.1) is 10.2 Å². The molecule has 1 N–H and O–H groups in total. The highest BCUT2D eigenvalue weighted by molar-refractivity contribution is 7.15. The molecule has 1 amide bonds. The lowest BCUT2D eigenvalue weighted by Gasteiger charge is -2.15. The zero-order valence-corrected chi connectivity index (χ0v) is 14.4. The van der Waals surface area contributed by atoms with Crippen LogP contribution >= 0.6 is 11.3 Å². The van der Waals surface area contributed by atoms with Crippen molar-refractivity contribution in [2.45, 2.75) is 46.5 Å². The summed E-state index contributed by atoms with van der Waals surface area (Å²) in [6, 6.07) is 9.84. The highest BCUT2D eigenvalue weighted by Crippen LogP contribution is 2.26. The van der Waals surface area contributed by atoms with Crippen molar-refractivity contribution in [3.63, 3.8) is 0 Å². The summed E-state index contributed by atoms with van der Waals surface area (Å²) in [7, 11) is 0. The highest BCUT2D eigenvalue weighted by atomic mass is 32.1. The van der Waals surface area contributed by atoms with Gasteiger partial charge in [-0.05, 0) is 17.4 Å². The average molecular weight is 317 g/mol. The first kappa shape index (κ1) is 16.6. The minimum atomic E-state index is -0.156. The number of rotatable bonds is 5. The van der Waals surface area contributed by atoms with Crippen molar-refractivity contribution in [2.75, 3.05) is 5.32 Å². The molecule has 0 radical (unpaired) electrons. The monoisotopic (exact) mass is 317 g/mol. The Morgan fingerprint density at radius 1 is 1.23 bits per heavy atom. The number of nitrogens with one attached hydrogen (secondary N) is 1. The van der Waals surface area contributed by atoms with Gasteiger partial charge in [-0.3, -0.25) is 10.1 Å². The maximum atomic E-state index is 12.5.